The van der Waals surface area contributed by atoms with E-state index in [1.165, 1.54) is 0 Å². The van der Waals surface area contributed by atoms with Gasteiger partial charge in [0.2, 0.25) is 0 Å². The minimum atomic E-state index is -0.130. The lowest BCUT2D eigenvalue weighted by Crippen LogP contribution is -2.31. The number of rotatable bonds is 5. The van der Waals surface area contributed by atoms with Gasteiger partial charge in [0, 0.05) is 37.7 Å². The molecule has 2 N–H and O–H groups in total. The van der Waals surface area contributed by atoms with Crippen LogP contribution in [0.15, 0.2) is 18.3 Å². The molecule has 1 atom stereocenters. The molecule has 0 aliphatic carbocycles. The van der Waals surface area contributed by atoms with E-state index < -0.39 is 0 Å². The van der Waals surface area contributed by atoms with Crippen molar-refractivity contribution >= 4 is 11.6 Å². The highest BCUT2D eigenvalue weighted by Crippen LogP contribution is 2.21. The number of nitrogens with one attached hydrogen (secondary N) is 2. The summed E-state index contributed by atoms with van der Waals surface area (Å²) < 4.78 is 5.39. The van der Waals surface area contributed by atoms with Crippen molar-refractivity contribution in [3.63, 3.8) is 0 Å². The summed E-state index contributed by atoms with van der Waals surface area (Å²) in [7, 11) is 0. The van der Waals surface area contributed by atoms with E-state index in [0.717, 1.165) is 31.7 Å². The van der Waals surface area contributed by atoms with Crippen LogP contribution in [0.3, 0.4) is 0 Å². The van der Waals surface area contributed by atoms with Crippen LogP contribution in [0.25, 0.3) is 0 Å². The second-order valence-electron chi connectivity index (χ2n) is 5.17. The molecule has 0 bridgehead atoms. The molecule has 5 nitrogen and oxygen atoms in total. The SMILES string of the molecule is CCNC(=O)c1cc(NC(C)C2CCOCC2)ccn1. The van der Waals surface area contributed by atoms with Crippen LogP contribution < -0.4 is 10.6 Å². The maximum absolute atomic E-state index is 11.8. The Morgan fingerprint density at radius 3 is 2.95 bits per heavy atom. The predicted molar refractivity (Wildman–Crippen MR) is 78.9 cm³/mol. The monoisotopic (exact) mass is 277 g/mol. The first-order chi connectivity index (χ1) is 9.70. The summed E-state index contributed by atoms with van der Waals surface area (Å²) in [5.41, 5.74) is 1.40. The number of hydrogen-bond acceptors (Lipinski definition) is 4. The van der Waals surface area contributed by atoms with E-state index in [-0.39, 0.29) is 5.91 Å². The van der Waals surface area contributed by atoms with Crippen LogP contribution in [-0.2, 0) is 4.74 Å². The van der Waals surface area contributed by atoms with Gasteiger partial charge < -0.3 is 15.4 Å². The number of anilines is 1. The number of amides is 1. The van der Waals surface area contributed by atoms with E-state index in [2.05, 4.69) is 22.5 Å². The zero-order valence-electron chi connectivity index (χ0n) is 12.2. The molecule has 110 valence electrons. The van der Waals surface area contributed by atoms with Gasteiger partial charge in [-0.3, -0.25) is 9.78 Å². The zero-order valence-corrected chi connectivity index (χ0v) is 12.2. The number of nitrogens with zero attached hydrogens (tertiary/aromatic N) is 1. The average molecular weight is 277 g/mol. The van der Waals surface area contributed by atoms with Crippen molar-refractivity contribution in [1.29, 1.82) is 0 Å². The molecular formula is C15H23N3O2. The molecule has 1 aromatic rings. The number of carbonyl (C=O) groups excluding carboxylic acids is 1. The molecule has 1 fully saturated rings. The minimum Gasteiger partial charge on any atom is -0.382 e. The Bertz CT molecular complexity index is 444. The van der Waals surface area contributed by atoms with Crippen molar-refractivity contribution < 1.29 is 9.53 Å². The van der Waals surface area contributed by atoms with E-state index in [0.29, 0.717) is 24.2 Å². The first-order valence-corrected chi connectivity index (χ1v) is 7.29. The molecular weight excluding hydrogens is 254 g/mol. The molecule has 1 unspecified atom stereocenters. The Balaban J connectivity index is 1.98. The number of ether oxygens (including phenoxy) is 1. The van der Waals surface area contributed by atoms with Crippen LogP contribution in [0, 0.1) is 5.92 Å². The van der Waals surface area contributed by atoms with Gasteiger partial charge >= 0.3 is 0 Å². The third kappa shape index (κ3) is 3.93. The maximum atomic E-state index is 11.8. The number of pyridine rings is 1. The van der Waals surface area contributed by atoms with Gasteiger partial charge in [0.25, 0.3) is 5.91 Å². The number of aromatic nitrogens is 1. The van der Waals surface area contributed by atoms with Gasteiger partial charge in [-0.05, 0) is 44.7 Å². The van der Waals surface area contributed by atoms with E-state index in [9.17, 15) is 4.79 Å². The Morgan fingerprint density at radius 1 is 1.50 bits per heavy atom. The van der Waals surface area contributed by atoms with Gasteiger partial charge in [0.1, 0.15) is 5.69 Å². The molecule has 5 heteroatoms. The minimum absolute atomic E-state index is 0.130. The maximum Gasteiger partial charge on any atom is 0.269 e. The molecule has 1 saturated heterocycles. The van der Waals surface area contributed by atoms with Crippen LogP contribution in [0.1, 0.15) is 37.2 Å². The highest BCUT2D eigenvalue weighted by molar-refractivity contribution is 5.93. The molecule has 0 aromatic carbocycles. The van der Waals surface area contributed by atoms with Crippen LogP contribution in [0.2, 0.25) is 0 Å². The van der Waals surface area contributed by atoms with Gasteiger partial charge in [-0.2, -0.15) is 0 Å². The molecule has 0 radical (unpaired) electrons. The molecule has 1 amide bonds. The molecule has 1 aromatic heterocycles. The Hall–Kier alpha value is -1.62. The summed E-state index contributed by atoms with van der Waals surface area (Å²) in [4.78, 5) is 15.9. The van der Waals surface area contributed by atoms with Gasteiger partial charge in [0.15, 0.2) is 0 Å². The van der Waals surface area contributed by atoms with Gasteiger partial charge in [-0.1, -0.05) is 0 Å². The summed E-state index contributed by atoms with van der Waals surface area (Å²) in [6, 6.07) is 4.07. The molecule has 1 aliphatic heterocycles. The van der Waals surface area contributed by atoms with Crippen molar-refractivity contribution in [3.8, 4) is 0 Å². The van der Waals surface area contributed by atoms with Crippen LogP contribution in [-0.4, -0.2) is 36.7 Å². The first kappa shape index (κ1) is 14.8. The highest BCUT2D eigenvalue weighted by atomic mass is 16.5. The van der Waals surface area contributed by atoms with Crippen LogP contribution in [0.5, 0.6) is 0 Å². The van der Waals surface area contributed by atoms with Crippen LogP contribution >= 0.6 is 0 Å². The fourth-order valence-corrected chi connectivity index (χ4v) is 2.49. The van der Waals surface area contributed by atoms with Crippen molar-refractivity contribution in [2.24, 2.45) is 5.92 Å². The van der Waals surface area contributed by atoms with Crippen LogP contribution in [0.4, 0.5) is 5.69 Å². The van der Waals surface area contributed by atoms with Gasteiger partial charge in [-0.15, -0.1) is 0 Å². The van der Waals surface area contributed by atoms with E-state index in [1.807, 2.05) is 13.0 Å². The summed E-state index contributed by atoms with van der Waals surface area (Å²) in [6.45, 7) is 6.38. The predicted octanol–water partition coefficient (Wildman–Crippen LogP) is 2.06. The quantitative estimate of drug-likeness (QED) is 0.864. The van der Waals surface area contributed by atoms with Crippen molar-refractivity contribution in [2.75, 3.05) is 25.1 Å². The Labute approximate surface area is 120 Å². The Kier molecular flexibility index (Phi) is 5.35. The third-order valence-electron chi connectivity index (χ3n) is 3.70. The smallest absolute Gasteiger partial charge is 0.269 e. The number of hydrogen-bond donors (Lipinski definition) is 2. The van der Waals surface area contributed by atoms with Crippen molar-refractivity contribution in [2.45, 2.75) is 32.7 Å². The third-order valence-corrected chi connectivity index (χ3v) is 3.70. The van der Waals surface area contributed by atoms with E-state index in [4.69, 9.17) is 4.74 Å². The van der Waals surface area contributed by atoms with E-state index in [1.54, 1.807) is 12.3 Å². The lowest BCUT2D eigenvalue weighted by Gasteiger charge is -2.29. The zero-order chi connectivity index (χ0) is 14.4. The second-order valence-corrected chi connectivity index (χ2v) is 5.17. The molecule has 2 heterocycles. The highest BCUT2D eigenvalue weighted by Gasteiger charge is 2.20. The molecule has 20 heavy (non-hydrogen) atoms. The Morgan fingerprint density at radius 2 is 2.25 bits per heavy atom. The van der Waals surface area contributed by atoms with Gasteiger partial charge in [-0.25, -0.2) is 0 Å². The summed E-state index contributed by atoms with van der Waals surface area (Å²) in [5.74, 6) is 0.486. The molecule has 0 saturated carbocycles. The first-order valence-electron chi connectivity index (χ1n) is 7.29. The topological polar surface area (TPSA) is 63.2 Å². The lowest BCUT2D eigenvalue weighted by molar-refractivity contribution is 0.0622. The summed E-state index contributed by atoms with van der Waals surface area (Å²) in [6.07, 6.45) is 3.84. The number of carbonyl (C=O) groups is 1. The van der Waals surface area contributed by atoms with E-state index >= 15 is 0 Å². The second kappa shape index (κ2) is 7.24. The summed E-state index contributed by atoms with van der Waals surface area (Å²) in [5, 5.41) is 6.23. The summed E-state index contributed by atoms with van der Waals surface area (Å²) >= 11 is 0. The fraction of sp³-hybridized carbons (Fsp3) is 0.600. The molecule has 0 spiro atoms. The normalized spacial score (nSPS) is 17.5. The van der Waals surface area contributed by atoms with Crippen molar-refractivity contribution in [3.05, 3.63) is 24.0 Å². The fourth-order valence-electron chi connectivity index (χ4n) is 2.49. The van der Waals surface area contributed by atoms with Crippen molar-refractivity contribution in [1.82, 2.24) is 10.3 Å². The largest absolute Gasteiger partial charge is 0.382 e. The molecule has 1 aliphatic rings. The molecule has 2 rings (SSSR count). The van der Waals surface area contributed by atoms with Gasteiger partial charge in [0.05, 0.1) is 0 Å². The average Bonchev–Trinajstić information content (AvgIpc) is 2.48. The standard InChI is InChI=1S/C15H23N3O2/c1-3-16-15(19)14-10-13(4-7-17-14)18-11(2)12-5-8-20-9-6-12/h4,7,10-12H,3,5-6,8-9H2,1-2H3,(H,16,19)(H,17,18). The lowest BCUT2D eigenvalue weighted by atomic mass is 9.93.